The molecular formula is C27H24. The number of rotatable bonds is 3. The number of hydrogen-bond donors (Lipinski definition) is 0. The average molecular weight is 348 g/mol. The molecule has 0 heterocycles. The maximum Gasteiger partial charge on any atom is -0.00992 e. The van der Waals surface area contributed by atoms with E-state index in [-0.39, 0.29) is 0 Å². The van der Waals surface area contributed by atoms with Crippen LogP contribution in [0.1, 0.15) is 29.2 Å². The van der Waals surface area contributed by atoms with Crippen LogP contribution in [0.25, 0.3) is 27.5 Å². The number of aryl methyl sites for hydroxylation is 2. The van der Waals surface area contributed by atoms with E-state index < -0.39 is 0 Å². The summed E-state index contributed by atoms with van der Waals surface area (Å²) in [7, 11) is 0. The minimum Gasteiger partial charge on any atom is -0.0792 e. The van der Waals surface area contributed by atoms with E-state index in [0.29, 0.717) is 0 Å². The standard InChI is InChI=1S/C27H24/c1-4-24(25-11-7-5-9-20(25)3)23-17-22-10-6-8-12-26(22)27(18-23)21-15-13-19(2)14-16-21/h4-18H,1-3H3. The summed E-state index contributed by atoms with van der Waals surface area (Å²) in [5, 5.41) is 2.57. The fraction of sp³-hybridized carbons (Fsp3) is 0.111. The van der Waals surface area contributed by atoms with Crippen molar-refractivity contribution in [2.24, 2.45) is 0 Å². The first-order valence-corrected chi connectivity index (χ1v) is 9.50. The molecule has 0 atom stereocenters. The van der Waals surface area contributed by atoms with Crippen molar-refractivity contribution < 1.29 is 0 Å². The van der Waals surface area contributed by atoms with Crippen LogP contribution in [-0.2, 0) is 0 Å². The molecule has 132 valence electrons. The van der Waals surface area contributed by atoms with E-state index in [1.54, 1.807) is 0 Å². The Labute approximate surface area is 161 Å². The molecule has 0 unspecified atom stereocenters. The summed E-state index contributed by atoms with van der Waals surface area (Å²) in [4.78, 5) is 0. The van der Waals surface area contributed by atoms with Gasteiger partial charge in [-0.15, -0.1) is 0 Å². The molecule has 0 aliphatic heterocycles. The van der Waals surface area contributed by atoms with Crippen LogP contribution in [0.15, 0.2) is 91.0 Å². The Bertz CT molecular complexity index is 1130. The molecule has 0 fully saturated rings. The maximum absolute atomic E-state index is 2.34. The number of hydrogen-bond acceptors (Lipinski definition) is 0. The van der Waals surface area contributed by atoms with Gasteiger partial charge in [0.2, 0.25) is 0 Å². The van der Waals surface area contributed by atoms with Gasteiger partial charge in [0, 0.05) is 0 Å². The molecular weight excluding hydrogens is 324 g/mol. The summed E-state index contributed by atoms with van der Waals surface area (Å²) in [5.74, 6) is 0. The Hall–Kier alpha value is -3.12. The molecule has 0 N–H and O–H groups in total. The summed E-state index contributed by atoms with van der Waals surface area (Å²) in [6, 6.07) is 30.8. The minimum atomic E-state index is 1.26. The van der Waals surface area contributed by atoms with Gasteiger partial charge in [-0.2, -0.15) is 0 Å². The van der Waals surface area contributed by atoms with Gasteiger partial charge in [-0.3, -0.25) is 0 Å². The predicted molar refractivity (Wildman–Crippen MR) is 118 cm³/mol. The van der Waals surface area contributed by atoms with E-state index in [0.717, 1.165) is 0 Å². The van der Waals surface area contributed by atoms with Crippen LogP contribution in [-0.4, -0.2) is 0 Å². The smallest absolute Gasteiger partial charge is 0.00992 e. The highest BCUT2D eigenvalue weighted by Crippen LogP contribution is 2.35. The van der Waals surface area contributed by atoms with Gasteiger partial charge in [0.25, 0.3) is 0 Å². The minimum absolute atomic E-state index is 1.26. The highest BCUT2D eigenvalue weighted by molar-refractivity contribution is 6.00. The van der Waals surface area contributed by atoms with Crippen LogP contribution in [0.3, 0.4) is 0 Å². The molecule has 0 aliphatic carbocycles. The van der Waals surface area contributed by atoms with Gasteiger partial charge >= 0.3 is 0 Å². The van der Waals surface area contributed by atoms with Gasteiger partial charge in [-0.1, -0.05) is 84.4 Å². The van der Waals surface area contributed by atoms with Crippen LogP contribution in [0, 0.1) is 13.8 Å². The Morgan fingerprint density at radius 3 is 2.19 bits per heavy atom. The topological polar surface area (TPSA) is 0 Å². The summed E-state index contributed by atoms with van der Waals surface area (Å²) in [6.45, 7) is 6.44. The Kier molecular flexibility index (Phi) is 4.64. The number of fused-ring (bicyclic) bond motifs is 1. The van der Waals surface area contributed by atoms with Gasteiger partial charge < -0.3 is 0 Å². The van der Waals surface area contributed by atoms with Gasteiger partial charge in [0.1, 0.15) is 0 Å². The highest BCUT2D eigenvalue weighted by Gasteiger charge is 2.11. The monoisotopic (exact) mass is 348 g/mol. The fourth-order valence-corrected chi connectivity index (χ4v) is 3.79. The molecule has 0 saturated carbocycles. The molecule has 0 nitrogen and oxygen atoms in total. The van der Waals surface area contributed by atoms with Crippen molar-refractivity contribution in [3.8, 4) is 11.1 Å². The zero-order valence-electron chi connectivity index (χ0n) is 16.2. The van der Waals surface area contributed by atoms with Crippen molar-refractivity contribution in [2.75, 3.05) is 0 Å². The van der Waals surface area contributed by atoms with E-state index >= 15 is 0 Å². The molecule has 0 heteroatoms. The Balaban J connectivity index is 1.97. The molecule has 27 heavy (non-hydrogen) atoms. The average Bonchev–Trinajstić information content (AvgIpc) is 2.70. The molecule has 0 saturated heterocycles. The van der Waals surface area contributed by atoms with Gasteiger partial charge in [-0.05, 0) is 77.1 Å². The van der Waals surface area contributed by atoms with Crippen molar-refractivity contribution >= 4 is 16.3 Å². The molecule has 0 aromatic heterocycles. The Morgan fingerprint density at radius 2 is 1.44 bits per heavy atom. The van der Waals surface area contributed by atoms with E-state index in [1.165, 1.54) is 49.7 Å². The van der Waals surface area contributed by atoms with Crippen molar-refractivity contribution in [1.29, 1.82) is 0 Å². The van der Waals surface area contributed by atoms with E-state index in [1.807, 2.05) is 0 Å². The van der Waals surface area contributed by atoms with Gasteiger partial charge in [-0.25, -0.2) is 0 Å². The lowest BCUT2D eigenvalue weighted by Crippen LogP contribution is -1.93. The van der Waals surface area contributed by atoms with Crippen LogP contribution in [0.4, 0.5) is 0 Å². The predicted octanol–water partition coefficient (Wildman–Crippen LogP) is 7.58. The lowest BCUT2D eigenvalue weighted by Gasteiger charge is -2.15. The quantitative estimate of drug-likeness (QED) is 0.358. The highest BCUT2D eigenvalue weighted by atomic mass is 14.2. The summed E-state index contributed by atoms with van der Waals surface area (Å²) >= 11 is 0. The molecule has 0 aliphatic rings. The van der Waals surface area contributed by atoms with E-state index in [2.05, 4.69) is 112 Å². The summed E-state index contributed by atoms with van der Waals surface area (Å²) in [6.07, 6.45) is 2.23. The van der Waals surface area contributed by atoms with E-state index in [9.17, 15) is 0 Å². The van der Waals surface area contributed by atoms with Crippen LogP contribution in [0.5, 0.6) is 0 Å². The van der Waals surface area contributed by atoms with Gasteiger partial charge in [0.05, 0.1) is 0 Å². The second kappa shape index (κ2) is 7.25. The zero-order valence-corrected chi connectivity index (χ0v) is 16.2. The van der Waals surface area contributed by atoms with Crippen LogP contribution >= 0.6 is 0 Å². The normalized spacial score (nSPS) is 11.7. The lowest BCUT2D eigenvalue weighted by atomic mass is 9.89. The SMILES string of the molecule is CC=C(c1cc(-c2ccc(C)cc2)c2ccccc2c1)c1ccccc1C. The molecule has 0 radical (unpaired) electrons. The molecule has 0 spiro atoms. The summed E-state index contributed by atoms with van der Waals surface area (Å²) in [5.41, 5.74) is 8.98. The fourth-order valence-electron chi connectivity index (χ4n) is 3.79. The molecule has 0 amide bonds. The first-order valence-electron chi connectivity index (χ1n) is 9.50. The zero-order chi connectivity index (χ0) is 18.8. The third kappa shape index (κ3) is 3.31. The van der Waals surface area contributed by atoms with Crippen molar-refractivity contribution in [3.05, 3.63) is 113 Å². The molecule has 4 aromatic rings. The van der Waals surface area contributed by atoms with Crippen LogP contribution < -0.4 is 0 Å². The van der Waals surface area contributed by atoms with Crippen LogP contribution in [0.2, 0.25) is 0 Å². The summed E-state index contributed by atoms with van der Waals surface area (Å²) < 4.78 is 0. The second-order valence-corrected chi connectivity index (χ2v) is 7.13. The largest absolute Gasteiger partial charge is 0.0792 e. The lowest BCUT2D eigenvalue weighted by molar-refractivity contribution is 1.41. The van der Waals surface area contributed by atoms with Crippen molar-refractivity contribution in [3.63, 3.8) is 0 Å². The molecule has 0 bridgehead atoms. The molecule has 4 rings (SSSR count). The number of allylic oxidation sites excluding steroid dienone is 1. The van der Waals surface area contributed by atoms with Gasteiger partial charge in [0.15, 0.2) is 0 Å². The van der Waals surface area contributed by atoms with Crippen molar-refractivity contribution in [2.45, 2.75) is 20.8 Å². The second-order valence-electron chi connectivity index (χ2n) is 7.13. The van der Waals surface area contributed by atoms with E-state index in [4.69, 9.17) is 0 Å². The third-order valence-electron chi connectivity index (χ3n) is 5.26. The molecule has 4 aromatic carbocycles. The third-order valence-corrected chi connectivity index (χ3v) is 5.26. The Morgan fingerprint density at radius 1 is 0.741 bits per heavy atom. The first-order chi connectivity index (χ1) is 13.2. The van der Waals surface area contributed by atoms with Crippen molar-refractivity contribution in [1.82, 2.24) is 0 Å². The number of benzene rings is 4. The first kappa shape index (κ1) is 17.3. The maximum atomic E-state index is 2.34.